The molecule has 0 unspecified atom stereocenters. The summed E-state index contributed by atoms with van der Waals surface area (Å²) in [5.41, 5.74) is 0.602. The largest absolute Gasteiger partial charge is 0.352 e. The Morgan fingerprint density at radius 2 is 1.65 bits per heavy atom. The second-order valence-electron chi connectivity index (χ2n) is 9.73. The molecule has 0 aliphatic heterocycles. The molecular formula is C29H30Cl2FN3O4S. The van der Waals surface area contributed by atoms with Crippen molar-refractivity contribution >= 4 is 50.7 Å². The van der Waals surface area contributed by atoms with Crippen LogP contribution in [0, 0.1) is 5.82 Å². The summed E-state index contributed by atoms with van der Waals surface area (Å²) in [4.78, 5) is 28.4. The first-order valence-electron chi connectivity index (χ1n) is 12.9. The highest BCUT2D eigenvalue weighted by atomic mass is 35.5. The summed E-state index contributed by atoms with van der Waals surface area (Å²) in [6, 6.07) is 16.6. The van der Waals surface area contributed by atoms with Crippen LogP contribution in [0.5, 0.6) is 0 Å². The van der Waals surface area contributed by atoms with Gasteiger partial charge < -0.3 is 10.2 Å². The Bertz CT molecular complexity index is 1450. The summed E-state index contributed by atoms with van der Waals surface area (Å²) in [5, 5.41) is 3.31. The van der Waals surface area contributed by atoms with Crippen molar-refractivity contribution in [1.82, 2.24) is 10.2 Å². The number of anilines is 1. The van der Waals surface area contributed by atoms with Crippen molar-refractivity contribution in [3.05, 3.63) is 94.2 Å². The number of benzene rings is 3. The van der Waals surface area contributed by atoms with Gasteiger partial charge in [0, 0.05) is 17.6 Å². The van der Waals surface area contributed by atoms with Gasteiger partial charge in [-0.2, -0.15) is 0 Å². The van der Waals surface area contributed by atoms with Crippen molar-refractivity contribution in [1.29, 1.82) is 0 Å². The van der Waals surface area contributed by atoms with Crippen LogP contribution in [0.3, 0.4) is 0 Å². The Hall–Kier alpha value is -3.14. The van der Waals surface area contributed by atoms with Gasteiger partial charge in [-0.15, -0.1) is 0 Å². The van der Waals surface area contributed by atoms with Crippen molar-refractivity contribution in [2.24, 2.45) is 0 Å². The highest BCUT2D eigenvalue weighted by Crippen LogP contribution is 2.33. The second-order valence-corrected chi connectivity index (χ2v) is 12.4. The smallest absolute Gasteiger partial charge is 0.264 e. The number of nitrogens with zero attached hydrogens (tertiary/aromatic N) is 2. The SMILES string of the molecule is C[C@@H](C(=O)NC1CCCC1)N(Cc1ccc(F)cc1)C(=O)CN(c1cc(Cl)ccc1Cl)S(=O)(=O)c1ccccc1. The molecule has 0 heterocycles. The molecule has 1 N–H and O–H groups in total. The van der Waals surface area contributed by atoms with Gasteiger partial charge in [0.05, 0.1) is 15.6 Å². The highest BCUT2D eigenvalue weighted by Gasteiger charge is 2.34. The van der Waals surface area contributed by atoms with Gasteiger partial charge in [0.1, 0.15) is 18.4 Å². The van der Waals surface area contributed by atoms with Gasteiger partial charge in [0.15, 0.2) is 0 Å². The summed E-state index contributed by atoms with van der Waals surface area (Å²) in [7, 11) is -4.27. The van der Waals surface area contributed by atoms with E-state index in [0.717, 1.165) is 30.0 Å². The lowest BCUT2D eigenvalue weighted by Gasteiger charge is -2.32. The monoisotopic (exact) mass is 605 g/mol. The number of nitrogens with one attached hydrogen (secondary N) is 1. The zero-order chi connectivity index (χ0) is 28.9. The topological polar surface area (TPSA) is 86.8 Å². The van der Waals surface area contributed by atoms with E-state index in [4.69, 9.17) is 23.2 Å². The first kappa shape index (κ1) is 29.8. The molecule has 40 heavy (non-hydrogen) atoms. The van der Waals surface area contributed by atoms with E-state index in [1.54, 1.807) is 25.1 Å². The Kier molecular flexibility index (Phi) is 9.71. The predicted octanol–water partition coefficient (Wildman–Crippen LogP) is 5.80. The molecule has 4 rings (SSSR count). The third kappa shape index (κ3) is 7.13. The summed E-state index contributed by atoms with van der Waals surface area (Å²) in [6.45, 7) is 0.897. The maximum absolute atomic E-state index is 13.9. The molecule has 0 radical (unpaired) electrons. The number of sulfonamides is 1. The van der Waals surface area contributed by atoms with Crippen LogP contribution in [0.4, 0.5) is 10.1 Å². The van der Waals surface area contributed by atoms with Crippen LogP contribution < -0.4 is 9.62 Å². The van der Waals surface area contributed by atoms with Gasteiger partial charge in [-0.3, -0.25) is 13.9 Å². The van der Waals surface area contributed by atoms with Gasteiger partial charge in [0.25, 0.3) is 10.0 Å². The molecule has 0 spiro atoms. The Labute approximate surface area is 243 Å². The van der Waals surface area contributed by atoms with Crippen molar-refractivity contribution < 1.29 is 22.4 Å². The van der Waals surface area contributed by atoms with Gasteiger partial charge >= 0.3 is 0 Å². The van der Waals surface area contributed by atoms with Crippen molar-refractivity contribution in [2.75, 3.05) is 10.8 Å². The van der Waals surface area contributed by atoms with Crippen LogP contribution in [0.25, 0.3) is 0 Å². The molecular weight excluding hydrogens is 576 g/mol. The molecule has 3 aromatic rings. The van der Waals surface area contributed by atoms with Crippen LogP contribution in [0.1, 0.15) is 38.2 Å². The number of halogens is 3. The van der Waals surface area contributed by atoms with E-state index < -0.39 is 34.3 Å². The Morgan fingerprint density at radius 1 is 1.00 bits per heavy atom. The lowest BCUT2D eigenvalue weighted by Crippen LogP contribution is -2.52. The van der Waals surface area contributed by atoms with Crippen molar-refractivity contribution in [3.8, 4) is 0 Å². The molecule has 1 aliphatic carbocycles. The molecule has 0 aromatic heterocycles. The summed E-state index contributed by atoms with van der Waals surface area (Å²) in [6.07, 6.45) is 3.76. The first-order valence-corrected chi connectivity index (χ1v) is 15.1. The Balaban J connectivity index is 1.70. The molecule has 3 aromatic carbocycles. The fourth-order valence-electron chi connectivity index (χ4n) is 4.67. The average Bonchev–Trinajstić information content (AvgIpc) is 3.45. The van der Waals surface area contributed by atoms with E-state index in [1.165, 1.54) is 59.5 Å². The van der Waals surface area contributed by atoms with Crippen LogP contribution in [-0.4, -0.2) is 43.8 Å². The molecule has 7 nitrogen and oxygen atoms in total. The maximum atomic E-state index is 13.9. The van der Waals surface area contributed by atoms with E-state index in [0.29, 0.717) is 5.56 Å². The number of rotatable bonds is 10. The number of hydrogen-bond acceptors (Lipinski definition) is 4. The molecule has 0 bridgehead atoms. The van der Waals surface area contributed by atoms with Gasteiger partial charge in [-0.05, 0) is 67.8 Å². The normalized spacial score (nSPS) is 14.5. The number of carbonyl (C=O) groups is 2. The zero-order valence-electron chi connectivity index (χ0n) is 21.9. The zero-order valence-corrected chi connectivity index (χ0v) is 24.2. The predicted molar refractivity (Wildman–Crippen MR) is 154 cm³/mol. The van der Waals surface area contributed by atoms with Gasteiger partial charge in [-0.25, -0.2) is 12.8 Å². The minimum absolute atomic E-state index is 0.0242. The minimum atomic E-state index is -4.27. The number of carbonyl (C=O) groups excluding carboxylic acids is 2. The van der Waals surface area contributed by atoms with E-state index in [9.17, 15) is 22.4 Å². The maximum Gasteiger partial charge on any atom is 0.264 e. The van der Waals surface area contributed by atoms with Crippen LogP contribution >= 0.6 is 23.2 Å². The van der Waals surface area contributed by atoms with E-state index in [2.05, 4.69) is 5.32 Å². The van der Waals surface area contributed by atoms with Crippen LogP contribution in [0.15, 0.2) is 77.7 Å². The van der Waals surface area contributed by atoms with Gasteiger partial charge in [0.2, 0.25) is 11.8 Å². The van der Waals surface area contributed by atoms with E-state index in [-0.39, 0.29) is 39.1 Å². The van der Waals surface area contributed by atoms with E-state index >= 15 is 0 Å². The third-order valence-electron chi connectivity index (χ3n) is 6.92. The van der Waals surface area contributed by atoms with Crippen molar-refractivity contribution in [3.63, 3.8) is 0 Å². The fourth-order valence-corrected chi connectivity index (χ4v) is 6.55. The Morgan fingerprint density at radius 3 is 2.30 bits per heavy atom. The molecule has 1 atom stereocenters. The average molecular weight is 607 g/mol. The summed E-state index contributed by atoms with van der Waals surface area (Å²) < 4.78 is 42.1. The molecule has 1 aliphatic rings. The van der Waals surface area contributed by atoms with Crippen LogP contribution in [0.2, 0.25) is 10.0 Å². The first-order chi connectivity index (χ1) is 19.1. The quantitative estimate of drug-likeness (QED) is 0.316. The third-order valence-corrected chi connectivity index (χ3v) is 9.25. The summed E-state index contributed by atoms with van der Waals surface area (Å²) >= 11 is 12.6. The second kappa shape index (κ2) is 13.0. The molecule has 2 amide bonds. The standard InChI is InChI=1S/C29H30Cl2FN3O4S/c1-20(29(37)33-24-7-5-6-8-24)34(18-21-11-14-23(32)15-12-21)28(36)19-35(27-17-22(30)13-16-26(27)31)40(38,39)25-9-3-2-4-10-25/h2-4,9-17,20,24H,5-8,18-19H2,1H3,(H,33,37)/t20-/m0/s1. The summed E-state index contributed by atoms with van der Waals surface area (Å²) in [5.74, 6) is -1.43. The molecule has 1 saturated carbocycles. The van der Waals surface area contributed by atoms with Crippen LogP contribution in [-0.2, 0) is 26.2 Å². The van der Waals surface area contributed by atoms with E-state index in [1.807, 2.05) is 0 Å². The lowest BCUT2D eigenvalue weighted by atomic mass is 10.1. The molecule has 1 fully saturated rings. The lowest BCUT2D eigenvalue weighted by molar-refractivity contribution is -0.139. The minimum Gasteiger partial charge on any atom is -0.352 e. The molecule has 212 valence electrons. The number of amides is 2. The van der Waals surface area contributed by atoms with Gasteiger partial charge in [-0.1, -0.05) is 66.4 Å². The molecule has 0 saturated heterocycles. The fraction of sp³-hybridized carbons (Fsp3) is 0.310. The number of hydrogen-bond donors (Lipinski definition) is 1. The molecule has 11 heteroatoms. The van der Waals surface area contributed by atoms with Crippen molar-refractivity contribution in [2.45, 2.75) is 56.1 Å². The highest BCUT2D eigenvalue weighted by molar-refractivity contribution is 7.92.